The van der Waals surface area contributed by atoms with Crippen LogP contribution in [-0.2, 0) is 4.79 Å². The van der Waals surface area contributed by atoms with E-state index in [1.807, 2.05) is 6.07 Å². The summed E-state index contributed by atoms with van der Waals surface area (Å²) < 4.78 is 0. The number of benzene rings is 1. The lowest BCUT2D eigenvalue weighted by atomic mass is 9.99. The molecule has 1 aromatic carbocycles. The van der Waals surface area contributed by atoms with Crippen LogP contribution in [0, 0.1) is 11.8 Å². The second-order valence-electron chi connectivity index (χ2n) is 5.47. The third-order valence-electron chi connectivity index (χ3n) is 4.18. The van der Waals surface area contributed by atoms with Gasteiger partial charge >= 0.3 is 0 Å². The van der Waals surface area contributed by atoms with Gasteiger partial charge in [0.05, 0.1) is 0 Å². The van der Waals surface area contributed by atoms with Gasteiger partial charge in [0.2, 0.25) is 0 Å². The first-order valence-electron chi connectivity index (χ1n) is 6.83. The molecular formula is C15H18N2O2. The number of nitrogens with one attached hydrogen (secondary N) is 1. The molecule has 3 unspecified atom stereocenters. The van der Waals surface area contributed by atoms with E-state index >= 15 is 0 Å². The Morgan fingerprint density at radius 1 is 1.32 bits per heavy atom. The molecule has 4 heteroatoms. The Morgan fingerprint density at radius 3 is 2.74 bits per heavy atom. The van der Waals surface area contributed by atoms with Crippen molar-refractivity contribution in [3.05, 3.63) is 35.9 Å². The van der Waals surface area contributed by atoms with Crippen LogP contribution in [0.2, 0.25) is 0 Å². The van der Waals surface area contributed by atoms with Crippen molar-refractivity contribution < 1.29 is 9.90 Å². The molecule has 19 heavy (non-hydrogen) atoms. The van der Waals surface area contributed by atoms with Crippen LogP contribution in [0.15, 0.2) is 35.4 Å². The van der Waals surface area contributed by atoms with Crippen LogP contribution in [0.5, 0.6) is 0 Å². The smallest absolute Gasteiger partial charge is 0.273 e. The first-order valence-corrected chi connectivity index (χ1v) is 6.83. The zero-order chi connectivity index (χ0) is 13.2. The van der Waals surface area contributed by atoms with Gasteiger partial charge in [0.1, 0.15) is 0 Å². The summed E-state index contributed by atoms with van der Waals surface area (Å²) in [6.07, 6.45) is 3.57. The van der Waals surface area contributed by atoms with Crippen molar-refractivity contribution in [2.75, 3.05) is 0 Å². The predicted octanol–water partition coefficient (Wildman–Crippen LogP) is 2.01. The minimum absolute atomic E-state index is 0.457. The third-order valence-corrected chi connectivity index (χ3v) is 4.18. The molecule has 0 radical (unpaired) electrons. The SMILES string of the molecule is O=C(NN=C1CC2CCC1C2)C(O)c1ccccc1. The molecule has 3 rings (SSSR count). The van der Waals surface area contributed by atoms with E-state index in [4.69, 9.17) is 0 Å². The molecule has 2 aliphatic rings. The van der Waals surface area contributed by atoms with Gasteiger partial charge in [-0.2, -0.15) is 5.10 Å². The van der Waals surface area contributed by atoms with Gasteiger partial charge < -0.3 is 5.11 Å². The maximum Gasteiger partial charge on any atom is 0.273 e. The summed E-state index contributed by atoms with van der Waals surface area (Å²) in [6, 6.07) is 8.91. The minimum atomic E-state index is -1.15. The Morgan fingerprint density at radius 2 is 2.11 bits per heavy atom. The first kappa shape index (κ1) is 12.4. The Kier molecular flexibility index (Phi) is 3.34. The molecule has 4 nitrogen and oxygen atoms in total. The van der Waals surface area contributed by atoms with Crippen LogP contribution in [-0.4, -0.2) is 16.7 Å². The van der Waals surface area contributed by atoms with E-state index in [-0.39, 0.29) is 0 Å². The lowest BCUT2D eigenvalue weighted by Gasteiger charge is -2.13. The van der Waals surface area contributed by atoms with Crippen molar-refractivity contribution >= 4 is 11.6 Å². The second-order valence-corrected chi connectivity index (χ2v) is 5.47. The van der Waals surface area contributed by atoms with E-state index < -0.39 is 12.0 Å². The summed E-state index contributed by atoms with van der Waals surface area (Å²) in [5.74, 6) is 0.861. The number of amides is 1. The van der Waals surface area contributed by atoms with Crippen molar-refractivity contribution in [2.45, 2.75) is 31.8 Å². The fourth-order valence-corrected chi connectivity index (χ4v) is 3.14. The molecular weight excluding hydrogens is 240 g/mol. The molecule has 100 valence electrons. The number of hydrazone groups is 1. The van der Waals surface area contributed by atoms with Gasteiger partial charge in [-0.3, -0.25) is 4.79 Å². The van der Waals surface area contributed by atoms with Gasteiger partial charge in [-0.15, -0.1) is 0 Å². The molecule has 1 aromatic rings. The van der Waals surface area contributed by atoms with Gasteiger partial charge in [-0.1, -0.05) is 30.3 Å². The number of hydrogen-bond donors (Lipinski definition) is 2. The number of carbonyl (C=O) groups excluding carboxylic acids is 1. The normalized spacial score (nSPS) is 28.6. The fraction of sp³-hybridized carbons (Fsp3) is 0.467. The Labute approximate surface area is 112 Å². The van der Waals surface area contributed by atoms with E-state index in [1.54, 1.807) is 24.3 Å². The summed E-state index contributed by atoms with van der Waals surface area (Å²) in [4.78, 5) is 11.8. The van der Waals surface area contributed by atoms with E-state index in [9.17, 15) is 9.90 Å². The highest BCUT2D eigenvalue weighted by atomic mass is 16.3. The van der Waals surface area contributed by atoms with Crippen LogP contribution in [0.25, 0.3) is 0 Å². The number of carbonyl (C=O) groups is 1. The van der Waals surface area contributed by atoms with Gasteiger partial charge in [0.25, 0.3) is 5.91 Å². The average molecular weight is 258 g/mol. The average Bonchev–Trinajstić information content (AvgIpc) is 3.07. The molecule has 0 spiro atoms. The summed E-state index contributed by atoms with van der Waals surface area (Å²) in [5, 5.41) is 14.1. The largest absolute Gasteiger partial charge is 0.378 e. The number of rotatable bonds is 3. The number of hydrogen-bond acceptors (Lipinski definition) is 3. The summed E-state index contributed by atoms with van der Waals surface area (Å²) >= 11 is 0. The molecule has 1 amide bonds. The molecule has 2 bridgehead atoms. The van der Waals surface area contributed by atoms with Gasteiger partial charge in [-0.25, -0.2) is 5.43 Å². The highest BCUT2D eigenvalue weighted by Gasteiger charge is 2.36. The van der Waals surface area contributed by atoms with Crippen molar-refractivity contribution in [1.29, 1.82) is 0 Å². The van der Waals surface area contributed by atoms with Crippen molar-refractivity contribution in [1.82, 2.24) is 5.43 Å². The quantitative estimate of drug-likeness (QED) is 0.815. The Balaban J connectivity index is 1.61. The Hall–Kier alpha value is -1.68. The lowest BCUT2D eigenvalue weighted by molar-refractivity contribution is -0.129. The number of aliphatic hydroxyl groups excluding tert-OH is 1. The van der Waals surface area contributed by atoms with Crippen LogP contribution in [0.1, 0.15) is 37.4 Å². The molecule has 3 atom stereocenters. The van der Waals surface area contributed by atoms with Gasteiger partial charge in [0, 0.05) is 5.71 Å². The Bertz CT molecular complexity index is 498. The van der Waals surface area contributed by atoms with Crippen molar-refractivity contribution in [3.63, 3.8) is 0 Å². The summed E-state index contributed by atoms with van der Waals surface area (Å²) in [6.45, 7) is 0. The van der Waals surface area contributed by atoms with Gasteiger partial charge in [0.15, 0.2) is 6.10 Å². The van der Waals surface area contributed by atoms with Crippen LogP contribution < -0.4 is 5.43 Å². The lowest BCUT2D eigenvalue weighted by Crippen LogP contribution is -2.27. The summed E-state index contributed by atoms with van der Waals surface area (Å²) in [7, 11) is 0. The van der Waals surface area contributed by atoms with E-state index in [1.165, 1.54) is 19.3 Å². The molecule has 0 heterocycles. The van der Waals surface area contributed by atoms with Crippen LogP contribution in [0.3, 0.4) is 0 Å². The van der Waals surface area contributed by atoms with E-state index in [0.29, 0.717) is 11.5 Å². The van der Waals surface area contributed by atoms with E-state index in [2.05, 4.69) is 10.5 Å². The molecule has 2 aliphatic carbocycles. The fourth-order valence-electron chi connectivity index (χ4n) is 3.14. The zero-order valence-corrected chi connectivity index (χ0v) is 10.7. The van der Waals surface area contributed by atoms with Crippen molar-refractivity contribution in [2.24, 2.45) is 16.9 Å². The number of aliphatic hydroxyl groups is 1. The molecule has 0 aliphatic heterocycles. The van der Waals surface area contributed by atoms with Gasteiger partial charge in [-0.05, 0) is 43.1 Å². The molecule has 2 N–H and O–H groups in total. The van der Waals surface area contributed by atoms with Crippen LogP contribution >= 0.6 is 0 Å². The predicted molar refractivity (Wildman–Crippen MR) is 72.4 cm³/mol. The minimum Gasteiger partial charge on any atom is -0.378 e. The molecule has 0 aromatic heterocycles. The third kappa shape index (κ3) is 2.54. The molecule has 2 saturated carbocycles. The number of fused-ring (bicyclic) bond motifs is 2. The zero-order valence-electron chi connectivity index (χ0n) is 10.7. The maximum atomic E-state index is 11.8. The highest BCUT2D eigenvalue weighted by molar-refractivity contribution is 5.91. The van der Waals surface area contributed by atoms with Crippen LogP contribution in [0.4, 0.5) is 0 Å². The maximum absolute atomic E-state index is 11.8. The molecule has 0 saturated heterocycles. The highest BCUT2D eigenvalue weighted by Crippen LogP contribution is 2.42. The molecule has 2 fully saturated rings. The number of nitrogens with zero attached hydrogens (tertiary/aromatic N) is 1. The van der Waals surface area contributed by atoms with E-state index in [0.717, 1.165) is 18.1 Å². The topological polar surface area (TPSA) is 61.7 Å². The van der Waals surface area contributed by atoms with Crippen molar-refractivity contribution in [3.8, 4) is 0 Å². The monoisotopic (exact) mass is 258 g/mol. The first-order chi connectivity index (χ1) is 9.24. The standard InChI is InChI=1S/C15H18N2O2/c18-14(11-4-2-1-3-5-11)15(19)17-16-13-9-10-6-7-12(13)8-10/h1-5,10,12,14,18H,6-9H2,(H,17,19). The summed E-state index contributed by atoms with van der Waals surface area (Å²) in [5.41, 5.74) is 4.20. The second kappa shape index (κ2) is 5.13.